The van der Waals surface area contributed by atoms with E-state index in [4.69, 9.17) is 4.74 Å². The van der Waals surface area contributed by atoms with Gasteiger partial charge in [0, 0.05) is 10.7 Å². The van der Waals surface area contributed by atoms with Gasteiger partial charge in [0.05, 0.1) is 13.5 Å². The minimum absolute atomic E-state index is 0.130. The highest BCUT2D eigenvalue weighted by molar-refractivity contribution is 9.11. The molecule has 5 nitrogen and oxygen atoms in total. The van der Waals surface area contributed by atoms with Crippen LogP contribution in [0.15, 0.2) is 66.9 Å². The molecule has 0 spiro atoms. The topological polar surface area (TPSA) is 56.5 Å². The van der Waals surface area contributed by atoms with E-state index in [0.29, 0.717) is 33.0 Å². The number of halogens is 3. The Kier molecular flexibility index (Phi) is 5.92. The third-order valence-corrected chi connectivity index (χ3v) is 7.45. The maximum absolute atomic E-state index is 13.0. The normalized spacial score (nSPS) is 12.2. The molecule has 5 aromatic rings. The van der Waals surface area contributed by atoms with Crippen LogP contribution in [0.1, 0.15) is 16.7 Å². The lowest BCUT2D eigenvalue weighted by molar-refractivity contribution is 0.302. The Morgan fingerprint density at radius 1 is 1.09 bits per heavy atom. The van der Waals surface area contributed by atoms with E-state index in [9.17, 15) is 4.79 Å². The number of hydrogen-bond donors (Lipinski definition) is 0. The first-order chi connectivity index (χ1) is 15.4. The summed E-state index contributed by atoms with van der Waals surface area (Å²) in [4.78, 5) is 22.5. The van der Waals surface area contributed by atoms with Crippen molar-refractivity contribution in [1.29, 1.82) is 0 Å². The SMILES string of the molecule is Cc1ccc(COc2c(Br)cc(/C=c3\sc4nc5cc(Br)cnc5n4c3=O)cc2Br)cc1. The molecule has 0 radical (unpaired) electrons. The van der Waals surface area contributed by atoms with E-state index in [1.165, 1.54) is 16.9 Å². The van der Waals surface area contributed by atoms with E-state index in [2.05, 4.69) is 88.9 Å². The lowest BCUT2D eigenvalue weighted by Gasteiger charge is -2.11. The van der Waals surface area contributed by atoms with E-state index in [1.807, 2.05) is 24.3 Å². The number of hydrogen-bond acceptors (Lipinski definition) is 5. The molecule has 0 unspecified atom stereocenters. The Morgan fingerprint density at radius 3 is 2.53 bits per heavy atom. The number of thiazole rings is 1. The van der Waals surface area contributed by atoms with Crippen molar-refractivity contribution in [3.05, 3.63) is 93.7 Å². The second-order valence-corrected chi connectivity index (χ2v) is 10.9. The maximum atomic E-state index is 13.0. The summed E-state index contributed by atoms with van der Waals surface area (Å²) in [5.74, 6) is 0.715. The van der Waals surface area contributed by atoms with Gasteiger partial charge in [-0.05, 0) is 90.1 Å². The molecule has 0 saturated carbocycles. The summed E-state index contributed by atoms with van der Waals surface area (Å²) in [5, 5.41) is 0. The van der Waals surface area contributed by atoms with Crippen LogP contribution in [0, 0.1) is 6.92 Å². The smallest absolute Gasteiger partial charge is 0.276 e. The monoisotopic (exact) mass is 633 g/mol. The van der Waals surface area contributed by atoms with Crippen LogP contribution in [0.4, 0.5) is 0 Å². The number of benzene rings is 2. The van der Waals surface area contributed by atoms with E-state index in [1.54, 1.807) is 10.6 Å². The molecule has 0 aliphatic rings. The molecule has 5 rings (SSSR count). The first-order valence-corrected chi connectivity index (χ1v) is 12.7. The number of aryl methyl sites for hydroxylation is 1. The van der Waals surface area contributed by atoms with Gasteiger partial charge in [0.1, 0.15) is 17.9 Å². The van der Waals surface area contributed by atoms with Crippen molar-refractivity contribution in [3.8, 4) is 5.75 Å². The first-order valence-electron chi connectivity index (χ1n) is 9.54. The average Bonchev–Trinajstić information content (AvgIpc) is 3.24. The van der Waals surface area contributed by atoms with E-state index in [-0.39, 0.29) is 5.56 Å². The molecule has 0 saturated heterocycles. The summed E-state index contributed by atoms with van der Waals surface area (Å²) in [5.41, 5.74) is 4.30. The standard InChI is InChI=1S/C23H14Br3N3O2S/c1-12-2-4-13(5-3-12)11-31-20-16(25)6-14(7-17(20)26)8-19-22(30)29-21-18(28-23(29)32-19)9-15(24)10-27-21/h2-10H,11H2,1H3/b19-8-. The van der Waals surface area contributed by atoms with Crippen molar-refractivity contribution in [2.24, 2.45) is 0 Å². The summed E-state index contributed by atoms with van der Waals surface area (Å²) >= 11 is 11.9. The molecular formula is C23H14Br3N3O2S. The first kappa shape index (κ1) is 21.8. The molecule has 0 fully saturated rings. The summed E-state index contributed by atoms with van der Waals surface area (Å²) < 4.78 is 10.6. The number of rotatable bonds is 4. The quantitative estimate of drug-likeness (QED) is 0.242. The minimum atomic E-state index is -0.130. The summed E-state index contributed by atoms with van der Waals surface area (Å²) in [6, 6.07) is 14.0. The van der Waals surface area contributed by atoms with Crippen LogP contribution in [0.2, 0.25) is 0 Å². The molecule has 0 N–H and O–H groups in total. The van der Waals surface area contributed by atoms with Crippen LogP contribution in [0.3, 0.4) is 0 Å². The molecule has 160 valence electrons. The molecule has 3 aromatic heterocycles. The number of ether oxygens (including phenoxy) is 1. The Morgan fingerprint density at radius 2 is 1.81 bits per heavy atom. The largest absolute Gasteiger partial charge is 0.487 e. The predicted molar refractivity (Wildman–Crippen MR) is 138 cm³/mol. The lowest BCUT2D eigenvalue weighted by Crippen LogP contribution is -2.22. The molecule has 0 aliphatic carbocycles. The Balaban J connectivity index is 1.48. The van der Waals surface area contributed by atoms with Crippen molar-refractivity contribution in [2.45, 2.75) is 13.5 Å². The fourth-order valence-electron chi connectivity index (χ4n) is 3.31. The van der Waals surface area contributed by atoms with Crippen LogP contribution in [0.5, 0.6) is 5.75 Å². The number of nitrogens with zero attached hydrogens (tertiary/aromatic N) is 3. The fraction of sp³-hybridized carbons (Fsp3) is 0.0870. The van der Waals surface area contributed by atoms with Gasteiger partial charge in [0.2, 0.25) is 0 Å². The number of pyridine rings is 1. The van der Waals surface area contributed by atoms with Crippen LogP contribution in [0.25, 0.3) is 22.2 Å². The zero-order valence-corrected chi connectivity index (χ0v) is 22.2. The average molecular weight is 636 g/mol. The van der Waals surface area contributed by atoms with Crippen molar-refractivity contribution >= 4 is 81.3 Å². The van der Waals surface area contributed by atoms with E-state index >= 15 is 0 Å². The van der Waals surface area contributed by atoms with Gasteiger partial charge in [-0.2, -0.15) is 0 Å². The van der Waals surface area contributed by atoms with Gasteiger partial charge < -0.3 is 4.74 Å². The molecule has 0 bridgehead atoms. The molecular weight excluding hydrogens is 622 g/mol. The van der Waals surface area contributed by atoms with Crippen LogP contribution >= 0.6 is 59.1 Å². The zero-order valence-electron chi connectivity index (χ0n) is 16.6. The zero-order chi connectivity index (χ0) is 22.4. The summed E-state index contributed by atoms with van der Waals surface area (Å²) in [6.45, 7) is 2.52. The Bertz CT molecular complexity index is 1570. The highest BCUT2D eigenvalue weighted by atomic mass is 79.9. The van der Waals surface area contributed by atoms with Crippen molar-refractivity contribution in [3.63, 3.8) is 0 Å². The fourth-order valence-corrected chi connectivity index (χ4v) is 6.05. The van der Waals surface area contributed by atoms with Gasteiger partial charge in [0.25, 0.3) is 5.56 Å². The molecule has 0 atom stereocenters. The van der Waals surface area contributed by atoms with Crippen molar-refractivity contribution in [2.75, 3.05) is 0 Å². The highest BCUT2D eigenvalue weighted by Gasteiger charge is 2.14. The maximum Gasteiger partial charge on any atom is 0.276 e. The number of imidazole rings is 1. The number of fused-ring (bicyclic) bond motifs is 3. The van der Waals surface area contributed by atoms with Gasteiger partial charge >= 0.3 is 0 Å². The molecule has 3 heterocycles. The van der Waals surface area contributed by atoms with Crippen LogP contribution in [-0.4, -0.2) is 14.4 Å². The van der Waals surface area contributed by atoms with Gasteiger partial charge in [-0.15, -0.1) is 0 Å². The third-order valence-electron chi connectivity index (χ3n) is 4.87. The molecule has 9 heteroatoms. The van der Waals surface area contributed by atoms with Crippen LogP contribution in [-0.2, 0) is 6.61 Å². The van der Waals surface area contributed by atoms with Gasteiger partial charge in [-0.1, -0.05) is 41.2 Å². The molecule has 2 aromatic carbocycles. The van der Waals surface area contributed by atoms with E-state index in [0.717, 1.165) is 24.5 Å². The Labute approximate surface area is 212 Å². The lowest BCUT2D eigenvalue weighted by atomic mass is 10.2. The Hall–Kier alpha value is -2.07. The summed E-state index contributed by atoms with van der Waals surface area (Å²) in [7, 11) is 0. The van der Waals surface area contributed by atoms with Crippen LogP contribution < -0.4 is 14.8 Å². The second-order valence-electron chi connectivity index (χ2n) is 7.23. The second kappa shape index (κ2) is 8.70. The van der Waals surface area contributed by atoms with Gasteiger partial charge in [-0.3, -0.25) is 4.79 Å². The third kappa shape index (κ3) is 4.14. The predicted octanol–water partition coefficient (Wildman–Crippen LogP) is 6.03. The molecule has 32 heavy (non-hydrogen) atoms. The summed E-state index contributed by atoms with van der Waals surface area (Å²) in [6.07, 6.45) is 3.52. The highest BCUT2D eigenvalue weighted by Crippen LogP contribution is 2.35. The molecule has 0 amide bonds. The number of aromatic nitrogens is 3. The van der Waals surface area contributed by atoms with Gasteiger partial charge in [0.15, 0.2) is 10.6 Å². The minimum Gasteiger partial charge on any atom is -0.487 e. The van der Waals surface area contributed by atoms with E-state index < -0.39 is 0 Å². The molecule has 0 aliphatic heterocycles. The van der Waals surface area contributed by atoms with Gasteiger partial charge in [-0.25, -0.2) is 14.4 Å². The van der Waals surface area contributed by atoms with Crippen molar-refractivity contribution in [1.82, 2.24) is 14.4 Å². The van der Waals surface area contributed by atoms with Crippen molar-refractivity contribution < 1.29 is 4.74 Å².